The zero-order chi connectivity index (χ0) is 27.6. The molecule has 8 heteroatoms. The van der Waals surface area contributed by atoms with Gasteiger partial charge in [0.1, 0.15) is 24.5 Å². The fourth-order valence-electron chi connectivity index (χ4n) is 5.53. The summed E-state index contributed by atoms with van der Waals surface area (Å²) in [5, 5.41) is 5.72. The second kappa shape index (κ2) is 11.0. The van der Waals surface area contributed by atoms with Crippen LogP contribution in [0, 0.1) is 0 Å². The second-order valence-corrected chi connectivity index (χ2v) is 10.8. The molecule has 0 spiro atoms. The van der Waals surface area contributed by atoms with Gasteiger partial charge in [0.2, 0.25) is 0 Å². The van der Waals surface area contributed by atoms with Gasteiger partial charge < -0.3 is 19.2 Å². The maximum atomic E-state index is 13.8. The number of hydrogen-bond acceptors (Lipinski definition) is 8. The molecular formula is C32H27NO6S. The zero-order valence-corrected chi connectivity index (χ0v) is 22.7. The molecule has 2 atom stereocenters. The Morgan fingerprint density at radius 2 is 1.80 bits per heavy atom. The lowest BCUT2D eigenvalue weighted by atomic mass is 9.73. The van der Waals surface area contributed by atoms with Crippen LogP contribution in [0.1, 0.15) is 42.0 Å². The van der Waals surface area contributed by atoms with Crippen molar-refractivity contribution in [3.05, 3.63) is 122 Å². The normalized spacial score (nSPS) is 18.9. The summed E-state index contributed by atoms with van der Waals surface area (Å²) in [4.78, 5) is 42.2. The summed E-state index contributed by atoms with van der Waals surface area (Å²) in [5.74, 6) is -0.919. The first-order valence-corrected chi connectivity index (χ1v) is 14.0. The largest absolute Gasteiger partial charge is 0.490 e. The number of esters is 1. The van der Waals surface area contributed by atoms with E-state index in [9.17, 15) is 14.4 Å². The molecule has 0 saturated heterocycles. The molecule has 202 valence electrons. The Hall–Kier alpha value is -4.43. The van der Waals surface area contributed by atoms with Crippen LogP contribution in [0.15, 0.2) is 110 Å². The SMILES string of the molecule is CC1=C(C(=O)OCCOc2ccccc2)[C@H](c2coc3ccccc3c2=O)C2=C(C[C@H](c3cccs3)CC2=O)N1. The van der Waals surface area contributed by atoms with E-state index in [4.69, 9.17) is 13.9 Å². The Labute approximate surface area is 234 Å². The molecule has 4 aromatic rings. The number of thiophene rings is 1. The summed E-state index contributed by atoms with van der Waals surface area (Å²) in [7, 11) is 0. The van der Waals surface area contributed by atoms with Crippen LogP contribution < -0.4 is 15.5 Å². The molecular weight excluding hydrogens is 526 g/mol. The second-order valence-electron chi connectivity index (χ2n) is 9.85. The van der Waals surface area contributed by atoms with E-state index in [-0.39, 0.29) is 41.5 Å². The molecule has 0 amide bonds. The smallest absolute Gasteiger partial charge is 0.336 e. The summed E-state index contributed by atoms with van der Waals surface area (Å²) in [6.07, 6.45) is 2.27. The van der Waals surface area contributed by atoms with Crippen molar-refractivity contribution in [2.45, 2.75) is 31.6 Å². The molecule has 1 aliphatic heterocycles. The van der Waals surface area contributed by atoms with E-state index in [0.717, 1.165) is 10.6 Å². The van der Waals surface area contributed by atoms with Crippen LogP contribution in [0.5, 0.6) is 5.75 Å². The summed E-state index contributed by atoms with van der Waals surface area (Å²) in [6, 6.07) is 20.2. The number of fused-ring (bicyclic) bond motifs is 1. The number of carbonyl (C=O) groups excluding carboxylic acids is 2. The molecule has 2 aromatic heterocycles. The van der Waals surface area contributed by atoms with Crippen molar-refractivity contribution in [1.82, 2.24) is 5.32 Å². The van der Waals surface area contributed by atoms with Crippen molar-refractivity contribution >= 4 is 34.1 Å². The minimum Gasteiger partial charge on any atom is -0.490 e. The molecule has 2 aromatic carbocycles. The number of ether oxygens (including phenoxy) is 2. The van der Waals surface area contributed by atoms with Gasteiger partial charge in [-0.3, -0.25) is 9.59 Å². The van der Waals surface area contributed by atoms with Crippen molar-refractivity contribution in [3.63, 3.8) is 0 Å². The summed E-state index contributed by atoms with van der Waals surface area (Å²) in [5.41, 5.74) is 2.33. The molecule has 0 radical (unpaired) electrons. The number of carbonyl (C=O) groups is 2. The Kier molecular flexibility index (Phi) is 7.09. The van der Waals surface area contributed by atoms with Gasteiger partial charge >= 0.3 is 5.97 Å². The van der Waals surface area contributed by atoms with Crippen LogP contribution in [-0.4, -0.2) is 25.0 Å². The Bertz CT molecular complexity index is 1700. The van der Waals surface area contributed by atoms with Crippen LogP contribution >= 0.6 is 11.3 Å². The third kappa shape index (κ3) is 4.86. The molecule has 2 aliphatic rings. The minimum atomic E-state index is -0.906. The van der Waals surface area contributed by atoms with Gasteiger partial charge in [0, 0.05) is 39.7 Å². The third-order valence-electron chi connectivity index (χ3n) is 7.34. The van der Waals surface area contributed by atoms with Crippen molar-refractivity contribution < 1.29 is 23.5 Å². The van der Waals surface area contributed by atoms with Crippen LogP contribution in [-0.2, 0) is 14.3 Å². The first-order valence-electron chi connectivity index (χ1n) is 13.1. The van der Waals surface area contributed by atoms with E-state index in [1.807, 2.05) is 47.8 Å². The average molecular weight is 554 g/mol. The maximum absolute atomic E-state index is 13.8. The van der Waals surface area contributed by atoms with Gasteiger partial charge in [0.25, 0.3) is 0 Å². The number of dihydropyridines is 1. The minimum absolute atomic E-state index is 0.00383. The average Bonchev–Trinajstić information content (AvgIpc) is 3.51. The molecule has 0 fully saturated rings. The number of allylic oxidation sites excluding steroid dienone is 3. The van der Waals surface area contributed by atoms with Gasteiger partial charge in [-0.25, -0.2) is 4.79 Å². The number of hydrogen-bond donors (Lipinski definition) is 1. The number of benzene rings is 2. The lowest BCUT2D eigenvalue weighted by molar-refractivity contribution is -0.140. The predicted molar refractivity (Wildman–Crippen MR) is 152 cm³/mol. The lowest BCUT2D eigenvalue weighted by Gasteiger charge is -2.36. The molecule has 3 heterocycles. The Balaban J connectivity index is 1.36. The van der Waals surface area contributed by atoms with Gasteiger partial charge in [0.15, 0.2) is 11.2 Å². The van der Waals surface area contributed by atoms with E-state index in [1.165, 1.54) is 6.26 Å². The molecule has 0 unspecified atom stereocenters. The van der Waals surface area contributed by atoms with Gasteiger partial charge in [-0.05, 0) is 49.1 Å². The zero-order valence-electron chi connectivity index (χ0n) is 21.8. The number of nitrogens with one attached hydrogen (secondary N) is 1. The van der Waals surface area contributed by atoms with Crippen molar-refractivity contribution in [2.24, 2.45) is 0 Å². The van der Waals surface area contributed by atoms with Crippen LogP contribution in [0.4, 0.5) is 0 Å². The summed E-state index contributed by atoms with van der Waals surface area (Å²) in [6.45, 7) is 1.94. The standard InChI is InChI=1S/C32H27NO6S/c1-19-28(32(36)38-14-13-37-21-8-3-2-4-9-21)29(23-18-39-26-11-6-5-10-22(26)31(23)35)30-24(33-19)16-20(17-25(30)34)27-12-7-15-40-27/h2-12,15,18,20,29,33H,13-14,16-17H2,1H3/t20-,29-/m0/s1. The monoisotopic (exact) mass is 553 g/mol. The Morgan fingerprint density at radius 3 is 2.60 bits per heavy atom. The van der Waals surface area contributed by atoms with Crippen molar-refractivity contribution in [1.29, 1.82) is 0 Å². The Morgan fingerprint density at radius 1 is 1.00 bits per heavy atom. The first-order chi connectivity index (χ1) is 19.5. The summed E-state index contributed by atoms with van der Waals surface area (Å²) < 4.78 is 17.1. The van der Waals surface area contributed by atoms with Crippen LogP contribution in [0.3, 0.4) is 0 Å². The predicted octanol–water partition coefficient (Wildman–Crippen LogP) is 5.84. The van der Waals surface area contributed by atoms with Crippen molar-refractivity contribution in [2.75, 3.05) is 13.2 Å². The number of para-hydroxylation sites is 2. The number of ketones is 1. The van der Waals surface area contributed by atoms with E-state index < -0.39 is 11.9 Å². The van der Waals surface area contributed by atoms with Gasteiger partial charge in [-0.2, -0.15) is 0 Å². The van der Waals surface area contributed by atoms with E-state index >= 15 is 0 Å². The molecule has 1 aliphatic carbocycles. The highest BCUT2D eigenvalue weighted by Gasteiger charge is 2.43. The van der Waals surface area contributed by atoms with E-state index in [0.29, 0.717) is 40.8 Å². The molecule has 40 heavy (non-hydrogen) atoms. The fraction of sp³-hybridized carbons (Fsp3) is 0.219. The van der Waals surface area contributed by atoms with Crippen LogP contribution in [0.25, 0.3) is 11.0 Å². The molecule has 1 N–H and O–H groups in total. The molecule has 0 bridgehead atoms. The quantitative estimate of drug-likeness (QED) is 0.227. The molecule has 0 saturated carbocycles. The van der Waals surface area contributed by atoms with E-state index in [2.05, 4.69) is 5.32 Å². The van der Waals surface area contributed by atoms with Crippen LogP contribution in [0.2, 0.25) is 0 Å². The topological polar surface area (TPSA) is 94.8 Å². The maximum Gasteiger partial charge on any atom is 0.336 e. The van der Waals surface area contributed by atoms with Crippen molar-refractivity contribution in [3.8, 4) is 5.75 Å². The summed E-state index contributed by atoms with van der Waals surface area (Å²) >= 11 is 1.62. The molecule has 6 rings (SSSR count). The number of rotatable bonds is 7. The van der Waals surface area contributed by atoms with Gasteiger partial charge in [-0.15, -0.1) is 11.3 Å². The van der Waals surface area contributed by atoms with Gasteiger partial charge in [-0.1, -0.05) is 36.4 Å². The van der Waals surface area contributed by atoms with Gasteiger partial charge in [0.05, 0.1) is 23.1 Å². The highest BCUT2D eigenvalue weighted by atomic mass is 32.1. The third-order valence-corrected chi connectivity index (χ3v) is 8.37. The first kappa shape index (κ1) is 25.8. The molecule has 7 nitrogen and oxygen atoms in total. The lowest BCUT2D eigenvalue weighted by Crippen LogP contribution is -2.37. The highest BCUT2D eigenvalue weighted by molar-refractivity contribution is 7.10. The van der Waals surface area contributed by atoms with E-state index in [1.54, 1.807) is 42.5 Å². The highest BCUT2D eigenvalue weighted by Crippen LogP contribution is 2.45. The number of Topliss-reactive ketones (excluding diaryl/α,β-unsaturated/α-hetero) is 1. The fourth-order valence-corrected chi connectivity index (χ4v) is 6.36.